The van der Waals surface area contributed by atoms with E-state index in [0.717, 1.165) is 50.6 Å². The van der Waals surface area contributed by atoms with Gasteiger partial charge in [-0.25, -0.2) is 0 Å². The monoisotopic (exact) mass is 933 g/mol. The molecule has 70 heavy (non-hydrogen) atoms. The van der Waals surface area contributed by atoms with E-state index in [2.05, 4.69) is 261 Å². The van der Waals surface area contributed by atoms with E-state index >= 15 is 0 Å². The van der Waals surface area contributed by atoms with Gasteiger partial charge in [0.15, 0.2) is 0 Å². The number of aromatic nitrogens is 4. The molecule has 0 aliphatic heterocycles. The van der Waals surface area contributed by atoms with Crippen molar-refractivity contribution in [2.45, 2.75) is 105 Å². The summed E-state index contributed by atoms with van der Waals surface area (Å²) in [6.07, 6.45) is 0. The van der Waals surface area contributed by atoms with E-state index in [4.69, 9.17) is 8.75 Å². The number of nitrogens with zero attached hydrogens (tertiary/aromatic N) is 5. The van der Waals surface area contributed by atoms with Crippen LogP contribution in [0.25, 0.3) is 77.1 Å². The highest BCUT2D eigenvalue weighted by Crippen LogP contribution is 2.44. The highest BCUT2D eigenvalue weighted by molar-refractivity contribution is 7.00. The number of anilines is 3. The van der Waals surface area contributed by atoms with Gasteiger partial charge in [-0.2, -0.15) is 8.75 Å². The van der Waals surface area contributed by atoms with Crippen LogP contribution in [0, 0.1) is 0 Å². The molecule has 0 fully saturated rings. The van der Waals surface area contributed by atoms with Gasteiger partial charge in [0.25, 0.3) is 0 Å². The Bertz CT molecular complexity index is 3640. The van der Waals surface area contributed by atoms with Gasteiger partial charge in [-0.15, -0.1) is 0 Å². The molecule has 350 valence electrons. The molecule has 3 aromatic heterocycles. The SMILES string of the molecule is CC(C)(C)c1ccc2c(c1)c1cc(C(C)(C)C)ccc1n2-c1ccc(-c2ccc(N(c3ccccc3)c3ccc(-n4c5ccc(C(C)(C)C)cc5c5cc(C(C)(C)C)ccc54)cc3)c3nsnc23)cc1. The third-order valence-corrected chi connectivity index (χ3v) is 15.0. The molecule has 0 aliphatic carbocycles. The van der Waals surface area contributed by atoms with Crippen LogP contribution in [0.3, 0.4) is 0 Å². The molecule has 8 aromatic carbocycles. The number of benzene rings is 8. The van der Waals surface area contributed by atoms with Crippen LogP contribution in [0.2, 0.25) is 0 Å². The Labute approximate surface area is 417 Å². The van der Waals surface area contributed by atoms with Crippen LogP contribution in [0.15, 0.2) is 164 Å². The van der Waals surface area contributed by atoms with Gasteiger partial charge in [-0.1, -0.05) is 138 Å². The lowest BCUT2D eigenvalue weighted by Crippen LogP contribution is -2.11. The Morgan fingerprint density at radius 2 is 0.743 bits per heavy atom. The molecule has 11 aromatic rings. The zero-order valence-electron chi connectivity index (χ0n) is 42.7. The Hall–Kier alpha value is -7.02. The van der Waals surface area contributed by atoms with Crippen LogP contribution in [-0.2, 0) is 21.7 Å². The Morgan fingerprint density at radius 3 is 1.14 bits per heavy atom. The van der Waals surface area contributed by atoms with Crippen molar-refractivity contribution in [3.8, 4) is 22.5 Å². The normalized spacial score (nSPS) is 12.9. The zero-order valence-corrected chi connectivity index (χ0v) is 43.5. The van der Waals surface area contributed by atoms with E-state index in [1.54, 1.807) is 0 Å². The second kappa shape index (κ2) is 16.3. The van der Waals surface area contributed by atoms with Crippen molar-refractivity contribution in [1.29, 1.82) is 0 Å². The van der Waals surface area contributed by atoms with Gasteiger partial charge in [-0.3, -0.25) is 0 Å². The van der Waals surface area contributed by atoms with Crippen LogP contribution in [0.5, 0.6) is 0 Å². The van der Waals surface area contributed by atoms with Crippen molar-refractivity contribution in [3.63, 3.8) is 0 Å². The van der Waals surface area contributed by atoms with Gasteiger partial charge in [0, 0.05) is 49.9 Å². The van der Waals surface area contributed by atoms with Gasteiger partial charge in [-0.05, 0) is 159 Å². The van der Waals surface area contributed by atoms with Crippen molar-refractivity contribution >= 4 is 83.4 Å². The van der Waals surface area contributed by atoms with Gasteiger partial charge in [0.1, 0.15) is 11.0 Å². The fourth-order valence-electron chi connectivity index (χ4n) is 10.3. The average molecular weight is 934 g/mol. The summed E-state index contributed by atoms with van der Waals surface area (Å²) in [5.74, 6) is 0. The topological polar surface area (TPSA) is 38.9 Å². The molecule has 11 rings (SSSR count). The van der Waals surface area contributed by atoms with Crippen molar-refractivity contribution < 1.29 is 0 Å². The lowest BCUT2D eigenvalue weighted by molar-refractivity contribution is 0.590. The molecule has 5 nitrogen and oxygen atoms in total. The van der Waals surface area contributed by atoms with Gasteiger partial charge in [0.05, 0.1) is 39.5 Å². The minimum absolute atomic E-state index is 0.0384. The molecule has 6 heteroatoms. The molecule has 0 aliphatic rings. The largest absolute Gasteiger partial charge is 0.309 e. The van der Waals surface area contributed by atoms with Crippen LogP contribution in [-0.4, -0.2) is 17.9 Å². The maximum Gasteiger partial charge on any atom is 0.129 e. The second-order valence-electron chi connectivity index (χ2n) is 23.4. The highest BCUT2D eigenvalue weighted by Gasteiger charge is 2.25. The smallest absolute Gasteiger partial charge is 0.129 e. The molecule has 0 N–H and O–H groups in total. The van der Waals surface area contributed by atoms with Crippen LogP contribution in [0.4, 0.5) is 17.1 Å². The number of hydrogen-bond acceptors (Lipinski definition) is 4. The summed E-state index contributed by atoms with van der Waals surface area (Å²) in [6, 6.07) is 61.1. The predicted octanol–water partition coefficient (Wildman–Crippen LogP) is 18.2. The molecule has 0 unspecified atom stereocenters. The maximum atomic E-state index is 5.01. The van der Waals surface area contributed by atoms with Crippen LogP contribution >= 0.6 is 11.7 Å². The fourth-order valence-corrected chi connectivity index (χ4v) is 10.8. The number of hydrogen-bond donors (Lipinski definition) is 0. The van der Waals surface area contributed by atoms with Gasteiger partial charge < -0.3 is 14.0 Å². The maximum absolute atomic E-state index is 5.01. The standard InChI is InChI=1S/C64H63N5S/c1-61(2,3)41-20-31-54-50(36-41)51-37-42(62(4,5)6)21-32-55(51)68(54)47-24-18-40(19-25-47)49-30-35-58(60-59(49)65-70-66-60)67(45-16-14-13-15-17-45)46-26-28-48(29-27-46)69-56-33-22-43(63(7,8)9)38-52(56)53-39-44(64(10,11)12)23-34-57(53)69/h13-39H,1-12H3. The third kappa shape index (κ3) is 7.77. The van der Waals surface area contributed by atoms with Crippen LogP contribution in [0.1, 0.15) is 105 Å². The van der Waals surface area contributed by atoms with Crippen molar-refractivity contribution in [3.05, 3.63) is 186 Å². The summed E-state index contributed by atoms with van der Waals surface area (Å²) in [7, 11) is 0. The molecule has 0 saturated carbocycles. The molecule has 0 bridgehead atoms. The van der Waals surface area contributed by atoms with Crippen LogP contribution < -0.4 is 4.90 Å². The average Bonchev–Trinajstić information content (AvgIpc) is 4.04. The van der Waals surface area contributed by atoms with Gasteiger partial charge >= 0.3 is 0 Å². The molecule has 0 spiro atoms. The number of para-hydroxylation sites is 1. The van der Waals surface area contributed by atoms with Crippen molar-refractivity contribution in [1.82, 2.24) is 17.9 Å². The summed E-state index contributed by atoms with van der Waals surface area (Å²) in [6.45, 7) is 27.5. The Morgan fingerprint density at radius 1 is 0.371 bits per heavy atom. The molecule has 3 heterocycles. The summed E-state index contributed by atoms with van der Waals surface area (Å²) in [5.41, 5.74) is 19.6. The number of fused-ring (bicyclic) bond motifs is 7. The molecular weight excluding hydrogens is 871 g/mol. The van der Waals surface area contributed by atoms with Gasteiger partial charge in [0.2, 0.25) is 0 Å². The lowest BCUT2D eigenvalue weighted by atomic mass is 9.85. The van der Waals surface area contributed by atoms with Crippen molar-refractivity contribution in [2.75, 3.05) is 4.90 Å². The first-order chi connectivity index (χ1) is 33.2. The molecule has 0 saturated heterocycles. The molecule has 0 radical (unpaired) electrons. The van der Waals surface area contributed by atoms with E-state index in [0.29, 0.717) is 0 Å². The summed E-state index contributed by atoms with van der Waals surface area (Å²) >= 11 is 1.27. The lowest BCUT2D eigenvalue weighted by Gasteiger charge is -2.26. The van der Waals surface area contributed by atoms with E-state index in [-0.39, 0.29) is 21.7 Å². The third-order valence-electron chi connectivity index (χ3n) is 14.4. The molecule has 0 atom stereocenters. The quantitative estimate of drug-likeness (QED) is 0.167. The number of rotatable bonds is 6. The fraction of sp³-hybridized carbons (Fsp3) is 0.250. The second-order valence-corrected chi connectivity index (χ2v) is 24.0. The Kier molecular flexibility index (Phi) is 10.6. The minimum Gasteiger partial charge on any atom is -0.309 e. The zero-order chi connectivity index (χ0) is 49.1. The highest BCUT2D eigenvalue weighted by atomic mass is 32.1. The predicted molar refractivity (Wildman–Crippen MR) is 301 cm³/mol. The Balaban J connectivity index is 0.987. The first kappa shape index (κ1) is 45.4. The summed E-state index contributed by atoms with van der Waals surface area (Å²) in [5, 5.41) is 5.15. The van der Waals surface area contributed by atoms with E-state index in [9.17, 15) is 0 Å². The van der Waals surface area contributed by atoms with E-state index < -0.39 is 0 Å². The van der Waals surface area contributed by atoms with E-state index in [1.165, 1.54) is 77.6 Å². The first-order valence-corrected chi connectivity index (χ1v) is 25.5. The summed E-state index contributed by atoms with van der Waals surface area (Å²) in [4.78, 5) is 2.32. The first-order valence-electron chi connectivity index (χ1n) is 24.7. The molecule has 0 amide bonds. The summed E-state index contributed by atoms with van der Waals surface area (Å²) < 4.78 is 14.8. The molecular formula is C64H63N5S. The van der Waals surface area contributed by atoms with Crippen molar-refractivity contribution in [2.24, 2.45) is 0 Å². The van der Waals surface area contributed by atoms with E-state index in [1.807, 2.05) is 0 Å². The minimum atomic E-state index is 0.0384.